The first-order chi connectivity index (χ1) is 9.19. The molecular weight excluding hydrogens is 296 g/mol. The Hall–Kier alpha value is -0.290. The second-order valence-corrected chi connectivity index (χ2v) is 7.44. The maximum absolute atomic E-state index is 9.32. The van der Waals surface area contributed by atoms with Crippen molar-refractivity contribution in [3.63, 3.8) is 0 Å². The lowest BCUT2D eigenvalue weighted by molar-refractivity contribution is 0.379. The SMILES string of the molecule is CCNC(C#N)(CC)CCCSc1nnc(SC)s1. The van der Waals surface area contributed by atoms with E-state index in [0.717, 1.165) is 40.2 Å². The van der Waals surface area contributed by atoms with Gasteiger partial charge in [0.15, 0.2) is 8.68 Å². The summed E-state index contributed by atoms with van der Waals surface area (Å²) in [7, 11) is 0. The Morgan fingerprint density at radius 2 is 2.11 bits per heavy atom. The van der Waals surface area contributed by atoms with Gasteiger partial charge in [0.2, 0.25) is 0 Å². The van der Waals surface area contributed by atoms with Crippen LogP contribution in [0.2, 0.25) is 0 Å². The van der Waals surface area contributed by atoms with Crippen molar-refractivity contribution in [2.75, 3.05) is 18.6 Å². The lowest BCUT2D eigenvalue weighted by Gasteiger charge is -2.25. The summed E-state index contributed by atoms with van der Waals surface area (Å²) in [6, 6.07) is 2.43. The highest BCUT2D eigenvalue weighted by molar-refractivity contribution is 8.02. The quantitative estimate of drug-likeness (QED) is 0.556. The first-order valence-corrected chi connectivity index (χ1v) is 9.39. The highest BCUT2D eigenvalue weighted by Gasteiger charge is 2.25. The zero-order valence-corrected chi connectivity index (χ0v) is 14.1. The fraction of sp³-hybridized carbons (Fsp3) is 0.750. The fourth-order valence-corrected chi connectivity index (χ4v) is 4.22. The van der Waals surface area contributed by atoms with Crippen LogP contribution in [-0.4, -0.2) is 34.3 Å². The van der Waals surface area contributed by atoms with Gasteiger partial charge < -0.3 is 0 Å². The van der Waals surface area contributed by atoms with Gasteiger partial charge in [0, 0.05) is 5.75 Å². The summed E-state index contributed by atoms with van der Waals surface area (Å²) in [5.74, 6) is 0.984. The van der Waals surface area contributed by atoms with E-state index in [1.807, 2.05) is 13.2 Å². The Labute approximate surface area is 127 Å². The molecule has 0 saturated carbocycles. The number of thioether (sulfide) groups is 2. The van der Waals surface area contributed by atoms with Crippen LogP contribution in [0.1, 0.15) is 33.1 Å². The molecule has 0 bridgehead atoms. The normalized spacial score (nSPS) is 14.0. The molecule has 0 radical (unpaired) electrons. The largest absolute Gasteiger partial charge is 0.300 e. The lowest BCUT2D eigenvalue weighted by atomic mass is 9.92. The van der Waals surface area contributed by atoms with Crippen LogP contribution in [0.15, 0.2) is 8.68 Å². The minimum atomic E-state index is -0.360. The number of hydrogen-bond acceptors (Lipinski definition) is 7. The van der Waals surface area contributed by atoms with Gasteiger partial charge in [0.1, 0.15) is 5.54 Å². The van der Waals surface area contributed by atoms with Crippen molar-refractivity contribution in [1.82, 2.24) is 15.5 Å². The van der Waals surface area contributed by atoms with Crippen LogP contribution in [0.4, 0.5) is 0 Å². The van der Waals surface area contributed by atoms with Crippen LogP contribution in [0.25, 0.3) is 0 Å². The van der Waals surface area contributed by atoms with E-state index >= 15 is 0 Å². The Bertz CT molecular complexity index is 415. The number of rotatable bonds is 9. The van der Waals surface area contributed by atoms with Crippen LogP contribution in [0, 0.1) is 11.3 Å². The van der Waals surface area contributed by atoms with E-state index in [2.05, 4.69) is 28.5 Å². The molecule has 0 amide bonds. The Balaban J connectivity index is 2.34. The molecule has 0 aliphatic heterocycles. The number of nitrogens with zero attached hydrogens (tertiary/aromatic N) is 3. The minimum absolute atomic E-state index is 0.360. The molecule has 19 heavy (non-hydrogen) atoms. The molecule has 1 aromatic rings. The number of nitrogens with one attached hydrogen (secondary N) is 1. The van der Waals surface area contributed by atoms with E-state index < -0.39 is 0 Å². The van der Waals surface area contributed by atoms with Gasteiger partial charge in [-0.3, -0.25) is 5.32 Å². The summed E-state index contributed by atoms with van der Waals surface area (Å²) in [5.41, 5.74) is -0.360. The highest BCUT2D eigenvalue weighted by Crippen LogP contribution is 2.28. The molecule has 7 heteroatoms. The van der Waals surface area contributed by atoms with Crippen LogP contribution < -0.4 is 5.32 Å². The van der Waals surface area contributed by atoms with Crippen molar-refractivity contribution in [2.45, 2.75) is 47.3 Å². The maximum atomic E-state index is 9.32. The molecule has 1 heterocycles. The predicted octanol–water partition coefficient (Wildman–Crippen LogP) is 3.41. The monoisotopic (exact) mass is 316 g/mol. The molecule has 106 valence electrons. The van der Waals surface area contributed by atoms with Crippen molar-refractivity contribution in [2.24, 2.45) is 0 Å². The van der Waals surface area contributed by atoms with E-state index in [0.29, 0.717) is 0 Å². The van der Waals surface area contributed by atoms with Crippen LogP contribution in [-0.2, 0) is 0 Å². The number of nitriles is 1. The molecule has 0 fully saturated rings. The maximum Gasteiger partial charge on any atom is 0.175 e. The number of hydrogen-bond donors (Lipinski definition) is 1. The molecule has 1 unspecified atom stereocenters. The smallest absolute Gasteiger partial charge is 0.175 e. The third kappa shape index (κ3) is 5.30. The van der Waals surface area contributed by atoms with Crippen LogP contribution in [0.3, 0.4) is 0 Å². The molecule has 0 spiro atoms. The van der Waals surface area contributed by atoms with Gasteiger partial charge in [0.05, 0.1) is 6.07 Å². The molecule has 1 atom stereocenters. The average Bonchev–Trinajstić information content (AvgIpc) is 2.90. The Kier molecular flexibility index (Phi) is 7.76. The molecule has 1 rings (SSSR count). The summed E-state index contributed by atoms with van der Waals surface area (Å²) in [5, 5.41) is 20.8. The molecule has 1 N–H and O–H groups in total. The van der Waals surface area contributed by atoms with Crippen molar-refractivity contribution in [1.29, 1.82) is 5.26 Å². The lowest BCUT2D eigenvalue weighted by Crippen LogP contribution is -2.43. The van der Waals surface area contributed by atoms with Crippen molar-refractivity contribution < 1.29 is 0 Å². The summed E-state index contributed by atoms with van der Waals surface area (Å²) in [6.07, 6.45) is 4.74. The molecule has 0 aliphatic carbocycles. The Morgan fingerprint density at radius 1 is 1.37 bits per heavy atom. The van der Waals surface area contributed by atoms with Gasteiger partial charge >= 0.3 is 0 Å². The van der Waals surface area contributed by atoms with Crippen LogP contribution in [0.5, 0.6) is 0 Å². The fourth-order valence-electron chi connectivity index (χ4n) is 1.77. The van der Waals surface area contributed by atoms with Gasteiger partial charge in [0.25, 0.3) is 0 Å². The van der Waals surface area contributed by atoms with Crippen molar-refractivity contribution in [3.05, 3.63) is 0 Å². The van der Waals surface area contributed by atoms with E-state index in [1.165, 1.54) is 0 Å². The number of aromatic nitrogens is 2. The molecule has 4 nitrogen and oxygen atoms in total. The summed E-state index contributed by atoms with van der Waals surface area (Å²) in [4.78, 5) is 0. The zero-order valence-electron chi connectivity index (χ0n) is 11.6. The van der Waals surface area contributed by atoms with E-state index in [4.69, 9.17) is 0 Å². The van der Waals surface area contributed by atoms with Gasteiger partial charge in [-0.15, -0.1) is 10.2 Å². The highest BCUT2D eigenvalue weighted by atomic mass is 32.2. The zero-order chi connectivity index (χ0) is 14.1. The molecule has 0 aromatic carbocycles. The molecule has 0 saturated heterocycles. The van der Waals surface area contributed by atoms with Crippen molar-refractivity contribution in [3.8, 4) is 6.07 Å². The van der Waals surface area contributed by atoms with Gasteiger partial charge in [-0.25, -0.2) is 0 Å². The second kappa shape index (κ2) is 8.80. The second-order valence-electron chi connectivity index (χ2n) is 4.07. The third-order valence-electron chi connectivity index (χ3n) is 2.87. The molecule has 1 aromatic heterocycles. The van der Waals surface area contributed by atoms with E-state index in [9.17, 15) is 5.26 Å². The third-order valence-corrected chi connectivity index (χ3v) is 5.99. The summed E-state index contributed by atoms with van der Waals surface area (Å²) in [6.45, 7) is 4.94. The Morgan fingerprint density at radius 3 is 2.63 bits per heavy atom. The van der Waals surface area contributed by atoms with Crippen LogP contribution >= 0.6 is 34.9 Å². The average molecular weight is 317 g/mol. The molecular formula is C12H20N4S3. The first-order valence-electron chi connectivity index (χ1n) is 6.36. The van der Waals surface area contributed by atoms with E-state index in [1.54, 1.807) is 34.9 Å². The van der Waals surface area contributed by atoms with Crippen molar-refractivity contribution >= 4 is 34.9 Å². The topological polar surface area (TPSA) is 61.6 Å². The summed E-state index contributed by atoms with van der Waals surface area (Å²) < 4.78 is 2.03. The standard InChI is InChI=1S/C12H20N4S3/c1-4-12(9-13,14-5-2)7-6-8-18-11-16-15-10(17-3)19-11/h14H,4-8H2,1-3H3. The first kappa shape index (κ1) is 16.8. The predicted molar refractivity (Wildman–Crippen MR) is 84.0 cm³/mol. The van der Waals surface area contributed by atoms with Gasteiger partial charge in [-0.1, -0.05) is 48.7 Å². The minimum Gasteiger partial charge on any atom is -0.300 e. The molecule has 0 aliphatic rings. The summed E-state index contributed by atoms with van der Waals surface area (Å²) >= 11 is 4.99. The van der Waals surface area contributed by atoms with Gasteiger partial charge in [-0.05, 0) is 32.1 Å². The van der Waals surface area contributed by atoms with Gasteiger partial charge in [-0.2, -0.15) is 5.26 Å². The van der Waals surface area contributed by atoms with E-state index in [-0.39, 0.29) is 5.54 Å².